The van der Waals surface area contributed by atoms with Crippen LogP contribution in [0.5, 0.6) is 0 Å². The van der Waals surface area contributed by atoms with Gasteiger partial charge in [-0.1, -0.05) is 77.6 Å². The van der Waals surface area contributed by atoms with Gasteiger partial charge in [0.1, 0.15) is 0 Å². The minimum absolute atomic E-state index is 0.454. The van der Waals surface area contributed by atoms with E-state index >= 15 is 0 Å². The molecule has 14 heavy (non-hydrogen) atoms. The maximum absolute atomic E-state index is 2.39. The first-order valence-corrected chi connectivity index (χ1v) is 9.35. The van der Waals surface area contributed by atoms with Gasteiger partial charge >= 0.3 is 0 Å². The largest absolute Gasteiger partial charge is 0.0660 e. The van der Waals surface area contributed by atoms with E-state index in [-0.39, 0.29) is 0 Å². The second-order valence-electron chi connectivity index (χ2n) is 6.04. The van der Waals surface area contributed by atoms with Crippen LogP contribution in [0.4, 0.5) is 0 Å². The standard InChI is InChI=1S/C9H22Si.C3H10Si/c1-7(2)10(8(3)4)9(5)6;1-3(2)4/h7-10H,1-6H3;3H,1-2,4H3. The van der Waals surface area contributed by atoms with E-state index in [1.807, 2.05) is 0 Å². The van der Waals surface area contributed by atoms with Crippen LogP contribution in [0.1, 0.15) is 55.4 Å². The van der Waals surface area contributed by atoms with Crippen molar-refractivity contribution >= 4 is 19.0 Å². The first-order chi connectivity index (χ1) is 6.20. The molecule has 0 fully saturated rings. The molecule has 0 N–H and O–H groups in total. The normalized spacial score (nSPS) is 11.8. The second kappa shape index (κ2) is 8.72. The smallest absolute Gasteiger partial charge is 0.0445 e. The first-order valence-electron chi connectivity index (χ1n) is 6.20. The van der Waals surface area contributed by atoms with Crippen molar-refractivity contribution in [2.24, 2.45) is 0 Å². The predicted octanol–water partition coefficient (Wildman–Crippen LogP) is 3.62. The van der Waals surface area contributed by atoms with Crippen molar-refractivity contribution in [3.63, 3.8) is 0 Å². The summed E-state index contributed by atoms with van der Waals surface area (Å²) in [6.45, 7) is 18.8. The summed E-state index contributed by atoms with van der Waals surface area (Å²) < 4.78 is 0. The topological polar surface area (TPSA) is 0 Å². The Morgan fingerprint density at radius 2 is 0.786 bits per heavy atom. The van der Waals surface area contributed by atoms with Crippen molar-refractivity contribution in [2.75, 3.05) is 0 Å². The average molecular weight is 233 g/mol. The van der Waals surface area contributed by atoms with Gasteiger partial charge in [0, 0.05) is 19.0 Å². The molecular weight excluding hydrogens is 200 g/mol. The number of hydrogen-bond donors (Lipinski definition) is 0. The molecule has 0 aromatic heterocycles. The van der Waals surface area contributed by atoms with Gasteiger partial charge in [-0.25, -0.2) is 0 Å². The Labute approximate surface area is 96.9 Å². The van der Waals surface area contributed by atoms with Gasteiger partial charge in [0.2, 0.25) is 0 Å². The molecule has 0 saturated carbocycles. The van der Waals surface area contributed by atoms with E-state index in [0.717, 1.165) is 22.2 Å². The highest BCUT2D eigenvalue weighted by Gasteiger charge is 2.22. The summed E-state index contributed by atoms with van der Waals surface area (Å²) in [6.07, 6.45) is 0. The van der Waals surface area contributed by atoms with Gasteiger partial charge in [-0.15, -0.1) is 0 Å². The van der Waals surface area contributed by atoms with Crippen LogP contribution in [0, 0.1) is 0 Å². The van der Waals surface area contributed by atoms with Gasteiger partial charge in [0.25, 0.3) is 0 Å². The monoisotopic (exact) mass is 232 g/mol. The van der Waals surface area contributed by atoms with E-state index in [4.69, 9.17) is 0 Å². The Hall–Kier alpha value is 0.434. The van der Waals surface area contributed by atoms with Gasteiger partial charge in [-0.2, -0.15) is 0 Å². The second-order valence-corrected chi connectivity index (χ2v) is 13.5. The maximum Gasteiger partial charge on any atom is 0.0445 e. The highest BCUT2D eigenvalue weighted by atomic mass is 28.3. The molecule has 0 spiro atoms. The summed E-state index contributed by atoms with van der Waals surface area (Å²) in [5.74, 6) is 0. The predicted molar refractivity (Wildman–Crippen MR) is 77.5 cm³/mol. The zero-order valence-electron chi connectivity index (χ0n) is 11.9. The fraction of sp³-hybridized carbons (Fsp3) is 1.00. The fourth-order valence-electron chi connectivity index (χ4n) is 2.31. The molecule has 0 aromatic rings. The zero-order valence-corrected chi connectivity index (χ0v) is 15.0. The Morgan fingerprint density at radius 3 is 0.786 bits per heavy atom. The third kappa shape index (κ3) is 10.5. The van der Waals surface area contributed by atoms with Gasteiger partial charge < -0.3 is 0 Å². The Bertz CT molecular complexity index is 95.7. The molecule has 0 aliphatic heterocycles. The molecule has 0 nitrogen and oxygen atoms in total. The summed E-state index contributed by atoms with van der Waals surface area (Å²) in [7, 11) is 0.895. The third-order valence-electron chi connectivity index (χ3n) is 2.31. The maximum atomic E-state index is 2.39. The molecule has 0 aliphatic carbocycles. The van der Waals surface area contributed by atoms with E-state index in [1.54, 1.807) is 0 Å². The summed E-state index contributed by atoms with van der Waals surface area (Å²) in [5.41, 5.74) is 3.89. The van der Waals surface area contributed by atoms with Crippen molar-refractivity contribution in [1.82, 2.24) is 0 Å². The molecule has 88 valence electrons. The average Bonchev–Trinajstić information content (AvgIpc) is 1.80. The van der Waals surface area contributed by atoms with Crippen molar-refractivity contribution < 1.29 is 0 Å². The molecule has 0 aliphatic rings. The first kappa shape index (κ1) is 16.8. The van der Waals surface area contributed by atoms with Gasteiger partial charge in [0.15, 0.2) is 0 Å². The Balaban J connectivity index is 0. The van der Waals surface area contributed by atoms with Crippen molar-refractivity contribution in [3.8, 4) is 0 Å². The van der Waals surface area contributed by atoms with Crippen molar-refractivity contribution in [2.45, 2.75) is 77.6 Å². The minimum Gasteiger partial charge on any atom is -0.0660 e. The minimum atomic E-state index is -0.454. The highest BCUT2D eigenvalue weighted by Crippen LogP contribution is 2.28. The molecular formula is C12H32Si2. The molecule has 0 bridgehead atoms. The van der Waals surface area contributed by atoms with E-state index in [1.165, 1.54) is 10.2 Å². The summed E-state index contributed by atoms with van der Waals surface area (Å²) >= 11 is 0. The summed E-state index contributed by atoms with van der Waals surface area (Å²) in [6, 6.07) is 0. The lowest BCUT2D eigenvalue weighted by Gasteiger charge is -2.26. The van der Waals surface area contributed by atoms with Gasteiger partial charge in [0.05, 0.1) is 0 Å². The van der Waals surface area contributed by atoms with E-state index in [2.05, 4.69) is 55.4 Å². The summed E-state index contributed by atoms with van der Waals surface area (Å²) in [5, 5.41) is 0. The molecule has 0 aromatic carbocycles. The SMILES string of the molecule is CC(C)[SiH3].CC(C)[SiH](C(C)C)C(C)C. The molecule has 0 unspecified atom stereocenters. The van der Waals surface area contributed by atoms with Crippen LogP contribution in [-0.2, 0) is 0 Å². The summed E-state index contributed by atoms with van der Waals surface area (Å²) in [4.78, 5) is 0. The lowest BCUT2D eigenvalue weighted by molar-refractivity contribution is 0.863. The van der Waals surface area contributed by atoms with E-state index in [9.17, 15) is 0 Å². The van der Waals surface area contributed by atoms with Crippen LogP contribution in [0.15, 0.2) is 0 Å². The Kier molecular flexibility index (Phi) is 10.5. The molecule has 2 heteroatoms. The van der Waals surface area contributed by atoms with Crippen LogP contribution in [-0.4, -0.2) is 19.0 Å². The van der Waals surface area contributed by atoms with Gasteiger partial charge in [-0.05, 0) is 0 Å². The molecule has 0 atom stereocenters. The molecule has 0 saturated heterocycles. The van der Waals surface area contributed by atoms with Crippen LogP contribution in [0.3, 0.4) is 0 Å². The quantitative estimate of drug-likeness (QED) is 0.652. The lowest BCUT2D eigenvalue weighted by atomic mass is 10.5. The lowest BCUT2D eigenvalue weighted by Crippen LogP contribution is -2.24. The van der Waals surface area contributed by atoms with Crippen LogP contribution in [0.25, 0.3) is 0 Å². The Morgan fingerprint density at radius 1 is 0.643 bits per heavy atom. The molecule has 0 radical (unpaired) electrons. The van der Waals surface area contributed by atoms with Crippen LogP contribution in [0.2, 0.25) is 22.2 Å². The third-order valence-corrected chi connectivity index (χ3v) is 6.93. The molecule has 0 rings (SSSR count). The van der Waals surface area contributed by atoms with E-state index in [0.29, 0.717) is 0 Å². The fourth-order valence-corrected chi connectivity index (χ4v) is 6.93. The van der Waals surface area contributed by atoms with Crippen LogP contribution >= 0.6 is 0 Å². The molecule has 0 amide bonds. The highest BCUT2D eigenvalue weighted by molar-refractivity contribution is 6.63. The number of rotatable bonds is 3. The number of hydrogen-bond acceptors (Lipinski definition) is 0. The van der Waals surface area contributed by atoms with Crippen molar-refractivity contribution in [3.05, 3.63) is 0 Å². The van der Waals surface area contributed by atoms with Crippen LogP contribution < -0.4 is 0 Å². The van der Waals surface area contributed by atoms with Gasteiger partial charge in [-0.3, -0.25) is 0 Å². The zero-order chi connectivity index (χ0) is 11.9. The molecule has 0 heterocycles. The van der Waals surface area contributed by atoms with Crippen molar-refractivity contribution in [1.29, 1.82) is 0 Å². The van der Waals surface area contributed by atoms with E-state index < -0.39 is 8.80 Å².